The van der Waals surface area contributed by atoms with Gasteiger partial charge in [-0.3, -0.25) is 4.72 Å². The molecule has 0 atom stereocenters. The zero-order chi connectivity index (χ0) is 14.9. The van der Waals surface area contributed by atoms with Crippen molar-refractivity contribution in [1.82, 2.24) is 0 Å². The number of thiophene rings is 1. The number of halogens is 2. The van der Waals surface area contributed by atoms with Gasteiger partial charge < -0.3 is 5.73 Å². The van der Waals surface area contributed by atoms with Crippen molar-refractivity contribution in [2.24, 2.45) is 5.73 Å². The van der Waals surface area contributed by atoms with E-state index in [1.807, 2.05) is 6.92 Å². The van der Waals surface area contributed by atoms with Gasteiger partial charge in [0, 0.05) is 16.4 Å². The van der Waals surface area contributed by atoms with Gasteiger partial charge in [-0.25, -0.2) is 8.42 Å². The maximum atomic E-state index is 12.4. The van der Waals surface area contributed by atoms with Crippen molar-refractivity contribution < 1.29 is 8.42 Å². The Kier molecular flexibility index (Phi) is 4.76. The molecule has 20 heavy (non-hydrogen) atoms. The van der Waals surface area contributed by atoms with Crippen LogP contribution in [-0.2, 0) is 16.6 Å². The van der Waals surface area contributed by atoms with Crippen LogP contribution in [0.15, 0.2) is 32.9 Å². The minimum Gasteiger partial charge on any atom is -0.326 e. The Labute approximate surface area is 135 Å². The van der Waals surface area contributed by atoms with Gasteiger partial charge in [-0.15, -0.1) is 11.3 Å². The molecule has 0 saturated heterocycles. The number of rotatable bonds is 4. The van der Waals surface area contributed by atoms with Gasteiger partial charge in [0.2, 0.25) is 0 Å². The number of hydrogen-bond donors (Lipinski definition) is 2. The maximum absolute atomic E-state index is 12.4. The number of nitrogens with one attached hydrogen (secondary N) is 1. The van der Waals surface area contributed by atoms with Gasteiger partial charge >= 0.3 is 0 Å². The van der Waals surface area contributed by atoms with Crippen LogP contribution in [0, 0.1) is 6.92 Å². The van der Waals surface area contributed by atoms with Crippen molar-refractivity contribution in [2.75, 3.05) is 4.72 Å². The molecule has 0 aliphatic carbocycles. The van der Waals surface area contributed by atoms with Crippen LogP contribution in [0.4, 0.5) is 5.69 Å². The molecule has 8 heteroatoms. The molecule has 0 aliphatic heterocycles. The van der Waals surface area contributed by atoms with E-state index < -0.39 is 10.0 Å². The minimum atomic E-state index is -3.67. The Hall–Kier alpha value is -0.600. The fraction of sp³-hybridized carbons (Fsp3) is 0.167. The van der Waals surface area contributed by atoms with Crippen LogP contribution in [0.5, 0.6) is 0 Å². The molecule has 1 aromatic carbocycles. The lowest BCUT2D eigenvalue weighted by Gasteiger charge is -2.10. The second-order valence-electron chi connectivity index (χ2n) is 4.12. The molecule has 0 spiro atoms. The average molecular weight is 396 g/mol. The molecule has 0 amide bonds. The Bertz CT molecular complexity index is 744. The van der Waals surface area contributed by atoms with Crippen LogP contribution in [0.25, 0.3) is 0 Å². The normalized spacial score (nSPS) is 11.6. The molecule has 0 bridgehead atoms. The Morgan fingerprint density at radius 3 is 2.70 bits per heavy atom. The fourth-order valence-electron chi connectivity index (χ4n) is 1.59. The summed E-state index contributed by atoms with van der Waals surface area (Å²) in [5.41, 5.74) is 6.79. The summed E-state index contributed by atoms with van der Waals surface area (Å²) >= 11 is 10.5. The van der Waals surface area contributed by atoms with Gasteiger partial charge in [0.25, 0.3) is 10.0 Å². The molecule has 0 aliphatic rings. The zero-order valence-corrected chi connectivity index (χ0v) is 14.5. The summed E-state index contributed by atoms with van der Waals surface area (Å²) in [6.07, 6.45) is 0. The summed E-state index contributed by atoms with van der Waals surface area (Å²) in [6.45, 7) is 2.11. The predicted molar refractivity (Wildman–Crippen MR) is 86.9 cm³/mol. The Balaban J connectivity index is 2.40. The molecule has 1 aromatic heterocycles. The highest BCUT2D eigenvalue weighted by Crippen LogP contribution is 2.33. The van der Waals surface area contributed by atoms with E-state index in [0.717, 1.165) is 10.4 Å². The van der Waals surface area contributed by atoms with Gasteiger partial charge in [-0.05, 0) is 46.6 Å². The van der Waals surface area contributed by atoms with Gasteiger partial charge in [0.1, 0.15) is 4.90 Å². The number of hydrogen-bond acceptors (Lipinski definition) is 4. The van der Waals surface area contributed by atoms with Gasteiger partial charge in [-0.2, -0.15) is 0 Å². The van der Waals surface area contributed by atoms with Crippen molar-refractivity contribution >= 4 is 54.6 Å². The molecule has 0 unspecified atom stereocenters. The molecule has 108 valence electrons. The highest BCUT2D eigenvalue weighted by atomic mass is 79.9. The summed E-state index contributed by atoms with van der Waals surface area (Å²) in [4.78, 5) is 0.974. The first-order valence-electron chi connectivity index (χ1n) is 5.60. The van der Waals surface area contributed by atoms with E-state index in [1.54, 1.807) is 24.3 Å². The number of nitrogens with two attached hydrogens (primary N) is 1. The second kappa shape index (κ2) is 6.03. The molecular formula is C12H12BrClN2O2S2. The van der Waals surface area contributed by atoms with E-state index in [9.17, 15) is 8.42 Å². The molecule has 3 N–H and O–H groups in total. The van der Waals surface area contributed by atoms with Gasteiger partial charge in [0.05, 0.1) is 9.47 Å². The van der Waals surface area contributed by atoms with Crippen LogP contribution in [0.2, 0.25) is 5.02 Å². The molecule has 0 fully saturated rings. The lowest BCUT2D eigenvalue weighted by atomic mass is 10.2. The molecular weight excluding hydrogens is 384 g/mol. The highest BCUT2D eigenvalue weighted by Gasteiger charge is 2.21. The second-order valence-corrected chi connectivity index (χ2v) is 8.66. The largest absolute Gasteiger partial charge is 0.326 e. The molecule has 0 saturated carbocycles. The van der Waals surface area contributed by atoms with Crippen molar-refractivity contribution in [1.29, 1.82) is 0 Å². The molecule has 1 heterocycles. The maximum Gasteiger partial charge on any atom is 0.263 e. The molecule has 4 nitrogen and oxygen atoms in total. The van der Waals surface area contributed by atoms with E-state index in [2.05, 4.69) is 20.7 Å². The third-order valence-corrected chi connectivity index (χ3v) is 6.52. The first-order chi connectivity index (χ1) is 9.33. The number of sulfonamides is 1. The third-order valence-electron chi connectivity index (χ3n) is 2.64. The van der Waals surface area contributed by atoms with E-state index in [1.165, 1.54) is 11.3 Å². The SMILES string of the molecule is Cc1ccc(Cl)cc1NS(=O)(=O)c1cc(CN)sc1Br. The number of anilines is 1. The Morgan fingerprint density at radius 1 is 1.40 bits per heavy atom. The predicted octanol–water partition coefficient (Wildman–Crippen LogP) is 3.73. The van der Waals surface area contributed by atoms with Crippen LogP contribution < -0.4 is 10.5 Å². The van der Waals surface area contributed by atoms with E-state index in [0.29, 0.717) is 21.0 Å². The number of aryl methyl sites for hydroxylation is 1. The molecule has 0 radical (unpaired) electrons. The first kappa shape index (κ1) is 15.8. The standard InChI is InChI=1S/C12H12BrClN2O2S2/c1-7-2-3-8(14)4-10(7)16-20(17,18)11-5-9(6-15)19-12(11)13/h2-5,16H,6,15H2,1H3. The van der Waals surface area contributed by atoms with E-state index >= 15 is 0 Å². The monoisotopic (exact) mass is 394 g/mol. The lowest BCUT2D eigenvalue weighted by Crippen LogP contribution is -2.13. The summed E-state index contributed by atoms with van der Waals surface area (Å²) in [7, 11) is -3.67. The van der Waals surface area contributed by atoms with Crippen molar-refractivity contribution in [3.05, 3.63) is 43.5 Å². The summed E-state index contributed by atoms with van der Waals surface area (Å²) < 4.78 is 27.9. The summed E-state index contributed by atoms with van der Waals surface area (Å²) in [5.74, 6) is 0. The van der Waals surface area contributed by atoms with Crippen molar-refractivity contribution in [3.63, 3.8) is 0 Å². The van der Waals surface area contributed by atoms with Crippen LogP contribution >= 0.6 is 38.9 Å². The third kappa shape index (κ3) is 3.35. The van der Waals surface area contributed by atoms with Crippen molar-refractivity contribution in [3.8, 4) is 0 Å². The summed E-state index contributed by atoms with van der Waals surface area (Å²) in [5, 5.41) is 0.473. The van der Waals surface area contributed by atoms with Crippen molar-refractivity contribution in [2.45, 2.75) is 18.4 Å². The zero-order valence-electron chi connectivity index (χ0n) is 10.5. The minimum absolute atomic E-state index is 0.183. The molecule has 2 aromatic rings. The highest BCUT2D eigenvalue weighted by molar-refractivity contribution is 9.11. The fourth-order valence-corrected chi connectivity index (χ4v) is 5.44. The van der Waals surface area contributed by atoms with Gasteiger partial charge in [-0.1, -0.05) is 17.7 Å². The first-order valence-corrected chi connectivity index (χ1v) is 9.08. The topological polar surface area (TPSA) is 72.2 Å². The van der Waals surface area contributed by atoms with E-state index in [4.69, 9.17) is 17.3 Å². The Morgan fingerprint density at radius 2 is 2.10 bits per heavy atom. The lowest BCUT2D eigenvalue weighted by molar-refractivity contribution is 0.601. The van der Waals surface area contributed by atoms with E-state index in [-0.39, 0.29) is 4.90 Å². The van der Waals surface area contributed by atoms with Crippen LogP contribution in [0.3, 0.4) is 0 Å². The average Bonchev–Trinajstić information content (AvgIpc) is 2.76. The summed E-state index contributed by atoms with van der Waals surface area (Å²) in [6, 6.07) is 6.62. The smallest absolute Gasteiger partial charge is 0.263 e. The molecule has 2 rings (SSSR count). The van der Waals surface area contributed by atoms with Crippen LogP contribution in [-0.4, -0.2) is 8.42 Å². The van der Waals surface area contributed by atoms with Crippen LogP contribution in [0.1, 0.15) is 10.4 Å². The quantitative estimate of drug-likeness (QED) is 0.828. The number of benzene rings is 1. The van der Waals surface area contributed by atoms with Gasteiger partial charge in [0.15, 0.2) is 0 Å².